The predicted molar refractivity (Wildman–Crippen MR) is 81.0 cm³/mol. The Morgan fingerprint density at radius 3 is 2.45 bits per heavy atom. The summed E-state index contributed by atoms with van der Waals surface area (Å²) >= 11 is 3.17. The summed E-state index contributed by atoms with van der Waals surface area (Å²) in [5.41, 5.74) is 2.92. The molecule has 4 nitrogen and oxygen atoms in total. The summed E-state index contributed by atoms with van der Waals surface area (Å²) in [7, 11) is 0. The molecule has 20 heavy (non-hydrogen) atoms. The molecule has 2 aromatic rings. The molecular weight excluding hydrogens is 322 g/mol. The highest BCUT2D eigenvalue weighted by atomic mass is 79.9. The average molecular weight is 336 g/mol. The Labute approximate surface area is 125 Å². The molecule has 0 radical (unpaired) electrons. The predicted octanol–water partition coefficient (Wildman–Crippen LogP) is 4.55. The van der Waals surface area contributed by atoms with Crippen molar-refractivity contribution in [2.75, 3.05) is 0 Å². The van der Waals surface area contributed by atoms with Gasteiger partial charge in [-0.05, 0) is 52.5 Å². The summed E-state index contributed by atoms with van der Waals surface area (Å²) in [4.78, 5) is 10.5. The highest BCUT2D eigenvalue weighted by Crippen LogP contribution is 2.27. The van der Waals surface area contributed by atoms with Crippen molar-refractivity contribution in [3.63, 3.8) is 0 Å². The molecule has 0 aliphatic heterocycles. The van der Waals surface area contributed by atoms with Crippen LogP contribution in [-0.4, -0.2) is 4.92 Å². The highest BCUT2D eigenvalue weighted by Gasteiger charge is 2.13. The van der Waals surface area contributed by atoms with Crippen molar-refractivity contribution in [3.8, 4) is 5.75 Å². The van der Waals surface area contributed by atoms with Gasteiger partial charge in [0, 0.05) is 6.07 Å². The summed E-state index contributed by atoms with van der Waals surface area (Å²) in [6, 6.07) is 10.9. The number of para-hydroxylation sites is 1. The minimum atomic E-state index is -0.410. The van der Waals surface area contributed by atoms with Crippen LogP contribution >= 0.6 is 15.9 Å². The number of rotatable bonds is 4. The van der Waals surface area contributed by atoms with Gasteiger partial charge in [0.05, 0.1) is 9.40 Å². The molecule has 0 saturated carbocycles. The van der Waals surface area contributed by atoms with Crippen molar-refractivity contribution in [2.24, 2.45) is 0 Å². The number of nitro groups is 1. The Morgan fingerprint density at radius 2 is 1.85 bits per heavy atom. The minimum Gasteiger partial charge on any atom is -0.488 e. The first kappa shape index (κ1) is 14.5. The first-order valence-electron chi connectivity index (χ1n) is 6.11. The van der Waals surface area contributed by atoms with E-state index in [4.69, 9.17) is 4.74 Å². The lowest BCUT2D eigenvalue weighted by atomic mass is 10.1. The van der Waals surface area contributed by atoms with Crippen LogP contribution in [0.25, 0.3) is 0 Å². The van der Waals surface area contributed by atoms with E-state index in [1.165, 1.54) is 6.07 Å². The van der Waals surface area contributed by atoms with E-state index in [2.05, 4.69) is 15.9 Å². The van der Waals surface area contributed by atoms with Crippen molar-refractivity contribution >= 4 is 21.6 Å². The van der Waals surface area contributed by atoms with Gasteiger partial charge in [0.1, 0.15) is 12.4 Å². The van der Waals surface area contributed by atoms with Gasteiger partial charge in [-0.15, -0.1) is 0 Å². The SMILES string of the molecule is Cc1cccc(C)c1OCc1ccc(Br)c([N+](=O)[O-])c1. The molecule has 0 saturated heterocycles. The topological polar surface area (TPSA) is 52.4 Å². The number of ether oxygens (including phenoxy) is 1. The smallest absolute Gasteiger partial charge is 0.283 e. The van der Waals surface area contributed by atoms with Gasteiger partial charge in [-0.1, -0.05) is 24.3 Å². The van der Waals surface area contributed by atoms with Gasteiger partial charge >= 0.3 is 0 Å². The molecule has 0 aliphatic rings. The van der Waals surface area contributed by atoms with Gasteiger partial charge in [-0.3, -0.25) is 10.1 Å². The van der Waals surface area contributed by atoms with Crippen LogP contribution in [0.15, 0.2) is 40.9 Å². The standard InChI is InChI=1S/C15H14BrNO3/c1-10-4-3-5-11(2)15(10)20-9-12-6-7-13(16)14(8-12)17(18)19/h3-8H,9H2,1-2H3. The molecule has 0 fully saturated rings. The molecule has 0 unspecified atom stereocenters. The third-order valence-electron chi connectivity index (χ3n) is 3.00. The van der Waals surface area contributed by atoms with Crippen LogP contribution in [0, 0.1) is 24.0 Å². The molecule has 0 aromatic heterocycles. The molecular formula is C15H14BrNO3. The average Bonchev–Trinajstić information content (AvgIpc) is 2.39. The van der Waals surface area contributed by atoms with Gasteiger partial charge in [-0.25, -0.2) is 0 Å². The zero-order valence-corrected chi connectivity index (χ0v) is 12.8. The Morgan fingerprint density at radius 1 is 1.20 bits per heavy atom. The molecule has 0 aliphatic carbocycles. The zero-order chi connectivity index (χ0) is 14.7. The third-order valence-corrected chi connectivity index (χ3v) is 3.67. The van der Waals surface area contributed by atoms with Crippen LogP contribution in [0.4, 0.5) is 5.69 Å². The Bertz CT molecular complexity index is 635. The largest absolute Gasteiger partial charge is 0.488 e. The van der Waals surface area contributed by atoms with E-state index in [0.717, 1.165) is 22.4 Å². The lowest BCUT2D eigenvalue weighted by Crippen LogP contribution is -2.00. The third kappa shape index (κ3) is 3.17. The maximum atomic E-state index is 10.9. The number of nitro benzene ring substituents is 1. The first-order chi connectivity index (χ1) is 9.49. The summed E-state index contributed by atoms with van der Waals surface area (Å²) in [5, 5.41) is 10.9. The molecule has 2 rings (SSSR count). The van der Waals surface area contributed by atoms with Gasteiger partial charge in [0.15, 0.2) is 0 Å². The molecule has 0 amide bonds. The normalized spacial score (nSPS) is 10.3. The number of hydrogen-bond acceptors (Lipinski definition) is 3. The fourth-order valence-corrected chi connectivity index (χ4v) is 2.36. The first-order valence-corrected chi connectivity index (χ1v) is 6.90. The van der Waals surface area contributed by atoms with Gasteiger partial charge in [-0.2, -0.15) is 0 Å². The number of aryl methyl sites for hydroxylation is 2. The fourth-order valence-electron chi connectivity index (χ4n) is 1.97. The Kier molecular flexibility index (Phi) is 4.39. The fraction of sp³-hybridized carbons (Fsp3) is 0.200. The van der Waals surface area contributed by atoms with E-state index < -0.39 is 4.92 Å². The summed E-state index contributed by atoms with van der Waals surface area (Å²) in [6.07, 6.45) is 0. The lowest BCUT2D eigenvalue weighted by Gasteiger charge is -2.12. The van der Waals surface area contributed by atoms with Gasteiger partial charge in [0.2, 0.25) is 0 Å². The van der Waals surface area contributed by atoms with E-state index >= 15 is 0 Å². The van der Waals surface area contributed by atoms with Crippen LogP contribution in [0.1, 0.15) is 16.7 Å². The maximum absolute atomic E-state index is 10.9. The second-order valence-electron chi connectivity index (χ2n) is 4.55. The number of benzene rings is 2. The van der Waals surface area contributed by atoms with Crippen molar-refractivity contribution < 1.29 is 9.66 Å². The van der Waals surface area contributed by atoms with Crippen LogP contribution < -0.4 is 4.74 Å². The minimum absolute atomic E-state index is 0.0487. The molecule has 5 heteroatoms. The number of halogens is 1. The summed E-state index contributed by atoms with van der Waals surface area (Å²) in [5.74, 6) is 0.832. The van der Waals surface area contributed by atoms with Crippen LogP contribution in [0.5, 0.6) is 5.75 Å². The second-order valence-corrected chi connectivity index (χ2v) is 5.41. The second kappa shape index (κ2) is 6.05. The van der Waals surface area contributed by atoms with Crippen LogP contribution in [0.3, 0.4) is 0 Å². The molecule has 104 valence electrons. The Balaban J connectivity index is 2.19. The maximum Gasteiger partial charge on any atom is 0.283 e. The monoisotopic (exact) mass is 335 g/mol. The van der Waals surface area contributed by atoms with E-state index in [9.17, 15) is 10.1 Å². The van der Waals surface area contributed by atoms with Gasteiger partial charge in [0.25, 0.3) is 5.69 Å². The van der Waals surface area contributed by atoms with E-state index in [0.29, 0.717) is 11.1 Å². The Hall–Kier alpha value is -1.88. The van der Waals surface area contributed by atoms with Crippen molar-refractivity contribution in [3.05, 3.63) is 67.7 Å². The van der Waals surface area contributed by atoms with E-state index in [1.54, 1.807) is 6.07 Å². The number of hydrogen-bond donors (Lipinski definition) is 0. The molecule has 0 N–H and O–H groups in total. The lowest BCUT2D eigenvalue weighted by molar-refractivity contribution is -0.385. The molecule has 0 spiro atoms. The van der Waals surface area contributed by atoms with Crippen molar-refractivity contribution in [2.45, 2.75) is 20.5 Å². The molecule has 0 bridgehead atoms. The molecule has 2 aromatic carbocycles. The van der Waals surface area contributed by atoms with E-state index in [1.807, 2.05) is 38.1 Å². The molecule has 0 heterocycles. The summed E-state index contributed by atoms with van der Waals surface area (Å²) in [6.45, 7) is 4.26. The van der Waals surface area contributed by atoms with Crippen LogP contribution in [-0.2, 0) is 6.61 Å². The number of nitrogens with zero attached hydrogens (tertiary/aromatic N) is 1. The summed E-state index contributed by atoms with van der Waals surface area (Å²) < 4.78 is 6.26. The van der Waals surface area contributed by atoms with Crippen molar-refractivity contribution in [1.29, 1.82) is 0 Å². The van der Waals surface area contributed by atoms with Crippen molar-refractivity contribution in [1.82, 2.24) is 0 Å². The van der Waals surface area contributed by atoms with Gasteiger partial charge < -0.3 is 4.74 Å². The quantitative estimate of drug-likeness (QED) is 0.608. The highest BCUT2D eigenvalue weighted by molar-refractivity contribution is 9.10. The van der Waals surface area contributed by atoms with Crippen LogP contribution in [0.2, 0.25) is 0 Å². The molecule has 0 atom stereocenters. The van der Waals surface area contributed by atoms with E-state index in [-0.39, 0.29) is 5.69 Å². The zero-order valence-electron chi connectivity index (χ0n) is 11.2.